The maximum atomic E-state index is 13.8. The SMILES string of the molecule is COc1ccc(CN(C)C[C@H]2Oc3c(NC(=O)Nc4ccc5c(c4)OCO5)cccc3C(=O)N([C@H](C)CO)C[C@H]2C)cc1. The van der Waals surface area contributed by atoms with Crippen molar-refractivity contribution < 1.29 is 33.6 Å². The van der Waals surface area contributed by atoms with Crippen LogP contribution in [0.2, 0.25) is 0 Å². The van der Waals surface area contributed by atoms with E-state index in [9.17, 15) is 14.7 Å². The topological polar surface area (TPSA) is 122 Å². The molecule has 0 fully saturated rings. The van der Waals surface area contributed by atoms with E-state index in [4.69, 9.17) is 18.9 Å². The van der Waals surface area contributed by atoms with Crippen molar-refractivity contribution in [2.75, 3.05) is 51.3 Å². The van der Waals surface area contributed by atoms with Crippen LogP contribution in [0.25, 0.3) is 0 Å². The monoisotopic (exact) mass is 590 g/mol. The second kappa shape index (κ2) is 13.2. The Labute approximate surface area is 251 Å². The summed E-state index contributed by atoms with van der Waals surface area (Å²) in [4.78, 5) is 30.7. The number of hydrogen-bond acceptors (Lipinski definition) is 8. The minimum absolute atomic E-state index is 0.0834. The summed E-state index contributed by atoms with van der Waals surface area (Å²) in [5.41, 5.74) is 2.32. The number of anilines is 2. The molecule has 11 nitrogen and oxygen atoms in total. The Hall–Kier alpha value is -4.48. The minimum Gasteiger partial charge on any atom is -0.497 e. The van der Waals surface area contributed by atoms with Crippen molar-refractivity contribution in [3.8, 4) is 23.0 Å². The van der Waals surface area contributed by atoms with Crippen LogP contribution in [-0.4, -0.2) is 79.6 Å². The molecule has 3 amide bonds. The molecule has 3 N–H and O–H groups in total. The van der Waals surface area contributed by atoms with Crippen molar-refractivity contribution in [2.45, 2.75) is 32.5 Å². The maximum absolute atomic E-state index is 13.8. The van der Waals surface area contributed by atoms with E-state index in [1.165, 1.54) is 0 Å². The Balaban J connectivity index is 1.39. The zero-order valence-corrected chi connectivity index (χ0v) is 24.8. The zero-order valence-electron chi connectivity index (χ0n) is 24.8. The molecule has 3 aromatic carbocycles. The van der Waals surface area contributed by atoms with Gasteiger partial charge in [0.1, 0.15) is 11.9 Å². The van der Waals surface area contributed by atoms with Gasteiger partial charge in [-0.05, 0) is 55.9 Å². The van der Waals surface area contributed by atoms with E-state index < -0.39 is 12.1 Å². The number of benzene rings is 3. The lowest BCUT2D eigenvalue weighted by Gasteiger charge is -2.38. The summed E-state index contributed by atoms with van der Waals surface area (Å²) in [5, 5.41) is 15.6. The quantitative estimate of drug-likeness (QED) is 0.335. The molecule has 0 radical (unpaired) electrons. The summed E-state index contributed by atoms with van der Waals surface area (Å²) in [6, 6.07) is 17.2. The number of rotatable bonds is 9. The van der Waals surface area contributed by atoms with Gasteiger partial charge in [0.15, 0.2) is 17.2 Å². The number of fused-ring (bicyclic) bond motifs is 2. The van der Waals surface area contributed by atoms with Crippen LogP contribution in [0.1, 0.15) is 29.8 Å². The summed E-state index contributed by atoms with van der Waals surface area (Å²) in [6.45, 7) is 5.45. The number of likely N-dealkylation sites (N-methyl/N-ethyl adjacent to an activating group) is 1. The molecule has 3 aromatic rings. The van der Waals surface area contributed by atoms with E-state index in [-0.39, 0.29) is 37.1 Å². The third-order valence-corrected chi connectivity index (χ3v) is 7.67. The van der Waals surface area contributed by atoms with Crippen molar-refractivity contribution >= 4 is 23.3 Å². The van der Waals surface area contributed by atoms with Gasteiger partial charge >= 0.3 is 6.03 Å². The molecule has 0 bridgehead atoms. The Morgan fingerprint density at radius 2 is 1.88 bits per heavy atom. The average Bonchev–Trinajstić information content (AvgIpc) is 3.47. The maximum Gasteiger partial charge on any atom is 0.323 e. The first-order valence-corrected chi connectivity index (χ1v) is 14.3. The highest BCUT2D eigenvalue weighted by molar-refractivity contribution is 6.04. The van der Waals surface area contributed by atoms with Crippen LogP contribution in [0.4, 0.5) is 16.2 Å². The molecule has 0 spiro atoms. The first-order chi connectivity index (χ1) is 20.7. The molecule has 2 heterocycles. The van der Waals surface area contributed by atoms with Gasteiger partial charge in [0.2, 0.25) is 6.79 Å². The van der Waals surface area contributed by atoms with Crippen molar-refractivity contribution in [3.05, 3.63) is 71.8 Å². The normalized spacial score (nSPS) is 18.3. The van der Waals surface area contributed by atoms with E-state index >= 15 is 0 Å². The number of carbonyl (C=O) groups excluding carboxylic acids is 2. The number of urea groups is 1. The van der Waals surface area contributed by atoms with Crippen LogP contribution in [-0.2, 0) is 6.54 Å². The van der Waals surface area contributed by atoms with Crippen LogP contribution < -0.4 is 29.6 Å². The number of aliphatic hydroxyl groups is 1. The first-order valence-electron chi connectivity index (χ1n) is 14.3. The lowest BCUT2D eigenvalue weighted by Crippen LogP contribution is -2.49. The van der Waals surface area contributed by atoms with Crippen LogP contribution in [0.3, 0.4) is 0 Å². The molecule has 11 heteroatoms. The molecule has 0 aromatic heterocycles. The number of hydrogen-bond donors (Lipinski definition) is 3. The smallest absolute Gasteiger partial charge is 0.323 e. The number of para-hydroxylation sites is 1. The van der Waals surface area contributed by atoms with Gasteiger partial charge in [-0.15, -0.1) is 0 Å². The molecular weight excluding hydrogens is 552 g/mol. The molecule has 5 rings (SSSR count). The van der Waals surface area contributed by atoms with Crippen molar-refractivity contribution in [1.82, 2.24) is 9.80 Å². The Morgan fingerprint density at radius 1 is 1.12 bits per heavy atom. The third-order valence-electron chi connectivity index (χ3n) is 7.67. The fourth-order valence-electron chi connectivity index (χ4n) is 5.23. The van der Waals surface area contributed by atoms with E-state index in [1.807, 2.05) is 45.2 Å². The fraction of sp³-hybridized carbons (Fsp3) is 0.375. The second-order valence-electron chi connectivity index (χ2n) is 11.0. The van der Waals surface area contributed by atoms with Gasteiger partial charge in [0, 0.05) is 37.3 Å². The number of aliphatic hydroxyl groups excluding tert-OH is 1. The van der Waals surface area contributed by atoms with Crippen molar-refractivity contribution in [3.63, 3.8) is 0 Å². The number of carbonyl (C=O) groups is 2. The second-order valence-corrected chi connectivity index (χ2v) is 11.0. The number of ether oxygens (including phenoxy) is 4. The van der Waals surface area contributed by atoms with Crippen LogP contribution in [0.15, 0.2) is 60.7 Å². The molecule has 2 aliphatic heterocycles. The number of amides is 3. The Morgan fingerprint density at radius 3 is 2.63 bits per heavy atom. The molecule has 3 atom stereocenters. The number of nitrogens with one attached hydrogen (secondary N) is 2. The highest BCUT2D eigenvalue weighted by Crippen LogP contribution is 2.36. The highest BCUT2D eigenvalue weighted by atomic mass is 16.7. The molecule has 0 saturated heterocycles. The van der Waals surface area contributed by atoms with Gasteiger partial charge in [-0.25, -0.2) is 4.79 Å². The van der Waals surface area contributed by atoms with E-state index in [1.54, 1.807) is 48.4 Å². The predicted molar refractivity (Wildman–Crippen MR) is 162 cm³/mol. The summed E-state index contributed by atoms with van der Waals surface area (Å²) < 4.78 is 22.6. The summed E-state index contributed by atoms with van der Waals surface area (Å²) in [7, 11) is 3.66. The minimum atomic E-state index is -0.507. The zero-order chi connectivity index (χ0) is 30.5. The summed E-state index contributed by atoms with van der Waals surface area (Å²) in [5.74, 6) is 1.89. The third kappa shape index (κ3) is 6.95. The molecule has 0 unspecified atom stereocenters. The van der Waals surface area contributed by atoms with Gasteiger partial charge in [0.05, 0.1) is 31.0 Å². The first kappa shape index (κ1) is 30.0. The van der Waals surface area contributed by atoms with Crippen molar-refractivity contribution in [2.24, 2.45) is 5.92 Å². The van der Waals surface area contributed by atoms with Gasteiger partial charge in [-0.1, -0.05) is 25.1 Å². The van der Waals surface area contributed by atoms with Crippen LogP contribution >= 0.6 is 0 Å². The van der Waals surface area contributed by atoms with Gasteiger partial charge in [-0.2, -0.15) is 0 Å². The van der Waals surface area contributed by atoms with Crippen LogP contribution in [0.5, 0.6) is 23.0 Å². The molecule has 2 aliphatic rings. The number of nitrogens with zero attached hydrogens (tertiary/aromatic N) is 2. The van der Waals surface area contributed by atoms with E-state index in [2.05, 4.69) is 15.5 Å². The average molecular weight is 591 g/mol. The van der Waals surface area contributed by atoms with Crippen LogP contribution in [0, 0.1) is 5.92 Å². The van der Waals surface area contributed by atoms with E-state index in [0.717, 1.165) is 11.3 Å². The summed E-state index contributed by atoms with van der Waals surface area (Å²) >= 11 is 0. The van der Waals surface area contributed by atoms with E-state index in [0.29, 0.717) is 48.1 Å². The lowest BCUT2D eigenvalue weighted by molar-refractivity contribution is 0.0343. The largest absolute Gasteiger partial charge is 0.497 e. The highest BCUT2D eigenvalue weighted by Gasteiger charge is 2.34. The lowest BCUT2D eigenvalue weighted by atomic mass is 9.99. The molecule has 228 valence electrons. The standard InChI is InChI=1S/C32H38N4O7/c1-20-15-36(21(2)18-37)31(38)25-6-5-7-26(34-32(39)33-23-10-13-27-28(14-23)42-19-41-27)30(25)43-29(20)17-35(3)16-22-8-11-24(40-4)12-9-22/h5-14,20-21,29,37H,15-19H2,1-4H3,(H2,33,34,39)/t20-,21-,29-/m1/s1. The number of methoxy groups -OCH3 is 1. The molecule has 43 heavy (non-hydrogen) atoms. The van der Waals surface area contributed by atoms with Crippen molar-refractivity contribution in [1.29, 1.82) is 0 Å². The Kier molecular flexibility index (Phi) is 9.22. The van der Waals surface area contributed by atoms with Gasteiger partial charge in [-0.3, -0.25) is 9.69 Å². The molecule has 0 saturated carbocycles. The Bertz CT molecular complexity index is 1450. The summed E-state index contributed by atoms with van der Waals surface area (Å²) in [6.07, 6.45) is -0.330. The predicted octanol–water partition coefficient (Wildman–Crippen LogP) is 4.42. The van der Waals surface area contributed by atoms with Gasteiger partial charge < -0.3 is 39.6 Å². The molecule has 0 aliphatic carbocycles. The van der Waals surface area contributed by atoms with Gasteiger partial charge in [0.25, 0.3) is 5.91 Å². The molecular formula is C32H38N4O7. The fourth-order valence-corrected chi connectivity index (χ4v) is 5.23.